The summed E-state index contributed by atoms with van der Waals surface area (Å²) in [6.07, 6.45) is 5.76. The van der Waals surface area contributed by atoms with Gasteiger partial charge in [0.1, 0.15) is 0 Å². The molecule has 19 heavy (non-hydrogen) atoms. The lowest BCUT2D eigenvalue weighted by atomic mass is 10.1. The first-order valence-electron chi connectivity index (χ1n) is 7.14. The second kappa shape index (κ2) is 8.64. The van der Waals surface area contributed by atoms with E-state index >= 15 is 0 Å². The van der Waals surface area contributed by atoms with Gasteiger partial charge in [0.05, 0.1) is 4.92 Å². The first kappa shape index (κ1) is 15.6. The Labute approximate surface area is 115 Å². The minimum Gasteiger partial charge on any atom is -0.314 e. The quantitative estimate of drug-likeness (QED) is 0.546. The molecule has 0 saturated carbocycles. The van der Waals surface area contributed by atoms with Gasteiger partial charge in [-0.05, 0) is 31.4 Å². The molecule has 4 heteroatoms. The van der Waals surface area contributed by atoms with Gasteiger partial charge < -0.3 is 5.32 Å². The van der Waals surface area contributed by atoms with Gasteiger partial charge in [-0.2, -0.15) is 0 Å². The minimum atomic E-state index is -0.361. The van der Waals surface area contributed by atoms with Crippen molar-refractivity contribution in [2.24, 2.45) is 0 Å². The molecule has 0 bridgehead atoms. The third-order valence-corrected chi connectivity index (χ3v) is 3.27. The van der Waals surface area contributed by atoms with Gasteiger partial charge in [0, 0.05) is 18.2 Å². The Morgan fingerprint density at radius 1 is 1.16 bits per heavy atom. The first-order chi connectivity index (χ1) is 9.17. The van der Waals surface area contributed by atoms with E-state index in [1.54, 1.807) is 12.1 Å². The number of nitrogens with zero attached hydrogens (tertiary/aromatic N) is 1. The Morgan fingerprint density at radius 3 is 2.21 bits per heavy atom. The predicted molar refractivity (Wildman–Crippen MR) is 78.4 cm³/mol. The van der Waals surface area contributed by atoms with E-state index in [9.17, 15) is 10.1 Å². The van der Waals surface area contributed by atoms with Crippen LogP contribution in [0.3, 0.4) is 0 Å². The van der Waals surface area contributed by atoms with Gasteiger partial charge in [-0.25, -0.2) is 0 Å². The molecule has 0 aliphatic carbocycles. The standard InChI is InChI=1S/C15H24N2O2/c1-3-5-14(6-4-2)16-12-11-13-7-9-15(10-8-13)17(18)19/h7-10,14,16H,3-6,11-12H2,1-2H3. The highest BCUT2D eigenvalue weighted by molar-refractivity contribution is 5.32. The molecule has 1 aromatic rings. The van der Waals surface area contributed by atoms with Crippen LogP contribution in [0, 0.1) is 10.1 Å². The molecule has 0 aromatic heterocycles. The summed E-state index contributed by atoms with van der Waals surface area (Å²) < 4.78 is 0. The second-order valence-electron chi connectivity index (χ2n) is 4.90. The van der Waals surface area contributed by atoms with E-state index in [4.69, 9.17) is 0 Å². The van der Waals surface area contributed by atoms with Crippen molar-refractivity contribution < 1.29 is 4.92 Å². The highest BCUT2D eigenvalue weighted by Crippen LogP contribution is 2.12. The van der Waals surface area contributed by atoms with E-state index in [0.717, 1.165) is 18.5 Å². The molecule has 0 spiro atoms. The fourth-order valence-corrected chi connectivity index (χ4v) is 2.25. The highest BCUT2D eigenvalue weighted by atomic mass is 16.6. The zero-order valence-corrected chi connectivity index (χ0v) is 11.9. The third kappa shape index (κ3) is 5.83. The summed E-state index contributed by atoms with van der Waals surface area (Å²) >= 11 is 0. The number of nitro groups is 1. The molecular weight excluding hydrogens is 240 g/mol. The average Bonchev–Trinajstić information content (AvgIpc) is 2.40. The van der Waals surface area contributed by atoms with Gasteiger partial charge in [0.2, 0.25) is 0 Å². The van der Waals surface area contributed by atoms with Crippen molar-refractivity contribution in [3.8, 4) is 0 Å². The Hall–Kier alpha value is -1.42. The Bertz CT molecular complexity index is 370. The summed E-state index contributed by atoms with van der Waals surface area (Å²) in [6.45, 7) is 5.35. The maximum Gasteiger partial charge on any atom is 0.269 e. The van der Waals surface area contributed by atoms with Crippen LogP contribution in [0.15, 0.2) is 24.3 Å². The zero-order chi connectivity index (χ0) is 14.1. The van der Waals surface area contributed by atoms with Crippen molar-refractivity contribution in [2.45, 2.75) is 52.0 Å². The molecule has 0 unspecified atom stereocenters. The van der Waals surface area contributed by atoms with Gasteiger partial charge in [-0.1, -0.05) is 38.8 Å². The second-order valence-corrected chi connectivity index (χ2v) is 4.90. The van der Waals surface area contributed by atoms with Crippen LogP contribution < -0.4 is 5.32 Å². The molecule has 0 saturated heterocycles. The minimum absolute atomic E-state index is 0.159. The number of hydrogen-bond donors (Lipinski definition) is 1. The number of hydrogen-bond acceptors (Lipinski definition) is 3. The molecule has 0 atom stereocenters. The van der Waals surface area contributed by atoms with Crippen LogP contribution in [0.2, 0.25) is 0 Å². The van der Waals surface area contributed by atoms with Crippen LogP contribution in [-0.2, 0) is 6.42 Å². The molecule has 1 N–H and O–H groups in total. The molecule has 0 aliphatic rings. The van der Waals surface area contributed by atoms with E-state index in [2.05, 4.69) is 19.2 Å². The van der Waals surface area contributed by atoms with Crippen LogP contribution in [-0.4, -0.2) is 17.5 Å². The molecular formula is C15H24N2O2. The van der Waals surface area contributed by atoms with Gasteiger partial charge in [-0.15, -0.1) is 0 Å². The van der Waals surface area contributed by atoms with Crippen molar-refractivity contribution in [3.05, 3.63) is 39.9 Å². The largest absolute Gasteiger partial charge is 0.314 e. The molecule has 0 fully saturated rings. The SMILES string of the molecule is CCCC(CCC)NCCc1ccc([N+](=O)[O-])cc1. The fourth-order valence-electron chi connectivity index (χ4n) is 2.25. The number of benzene rings is 1. The molecule has 0 heterocycles. The van der Waals surface area contributed by atoms with Crippen molar-refractivity contribution in [1.29, 1.82) is 0 Å². The van der Waals surface area contributed by atoms with Crippen LogP contribution >= 0.6 is 0 Å². The van der Waals surface area contributed by atoms with Crippen LogP contribution in [0.4, 0.5) is 5.69 Å². The Morgan fingerprint density at radius 2 is 1.74 bits per heavy atom. The lowest BCUT2D eigenvalue weighted by Crippen LogP contribution is -2.30. The van der Waals surface area contributed by atoms with E-state index in [1.165, 1.54) is 25.7 Å². The summed E-state index contributed by atoms with van der Waals surface area (Å²) in [5.41, 5.74) is 1.30. The van der Waals surface area contributed by atoms with Gasteiger partial charge in [0.25, 0.3) is 5.69 Å². The highest BCUT2D eigenvalue weighted by Gasteiger charge is 2.06. The predicted octanol–water partition coefficient (Wildman–Crippen LogP) is 3.70. The average molecular weight is 264 g/mol. The van der Waals surface area contributed by atoms with Gasteiger partial charge in [-0.3, -0.25) is 10.1 Å². The lowest BCUT2D eigenvalue weighted by molar-refractivity contribution is -0.384. The zero-order valence-electron chi connectivity index (χ0n) is 11.9. The van der Waals surface area contributed by atoms with Crippen molar-refractivity contribution >= 4 is 5.69 Å². The molecule has 1 aromatic carbocycles. The third-order valence-electron chi connectivity index (χ3n) is 3.27. The summed E-state index contributed by atoms with van der Waals surface area (Å²) in [7, 11) is 0. The van der Waals surface area contributed by atoms with Gasteiger partial charge >= 0.3 is 0 Å². The summed E-state index contributed by atoms with van der Waals surface area (Å²) in [5.74, 6) is 0. The molecule has 4 nitrogen and oxygen atoms in total. The van der Waals surface area contributed by atoms with Crippen LogP contribution in [0.25, 0.3) is 0 Å². The van der Waals surface area contributed by atoms with Crippen molar-refractivity contribution in [3.63, 3.8) is 0 Å². The molecule has 1 rings (SSSR count). The Balaban J connectivity index is 2.37. The van der Waals surface area contributed by atoms with Crippen molar-refractivity contribution in [2.75, 3.05) is 6.54 Å². The summed E-state index contributed by atoms with van der Waals surface area (Å²) in [4.78, 5) is 10.2. The summed E-state index contributed by atoms with van der Waals surface area (Å²) in [6, 6.07) is 7.44. The number of nitro benzene ring substituents is 1. The van der Waals surface area contributed by atoms with E-state index in [1.807, 2.05) is 12.1 Å². The smallest absolute Gasteiger partial charge is 0.269 e. The Kier molecular flexibility index (Phi) is 7.11. The number of rotatable bonds is 9. The maximum atomic E-state index is 10.6. The van der Waals surface area contributed by atoms with E-state index < -0.39 is 0 Å². The van der Waals surface area contributed by atoms with Crippen LogP contribution in [0.5, 0.6) is 0 Å². The van der Waals surface area contributed by atoms with Crippen molar-refractivity contribution in [1.82, 2.24) is 5.32 Å². The lowest BCUT2D eigenvalue weighted by Gasteiger charge is -2.17. The molecule has 0 radical (unpaired) electrons. The fraction of sp³-hybridized carbons (Fsp3) is 0.600. The van der Waals surface area contributed by atoms with Crippen LogP contribution in [0.1, 0.15) is 45.1 Å². The number of non-ortho nitro benzene ring substituents is 1. The van der Waals surface area contributed by atoms with E-state index in [0.29, 0.717) is 6.04 Å². The molecule has 0 amide bonds. The van der Waals surface area contributed by atoms with E-state index in [-0.39, 0.29) is 10.6 Å². The normalized spacial score (nSPS) is 10.9. The van der Waals surface area contributed by atoms with Gasteiger partial charge in [0.15, 0.2) is 0 Å². The topological polar surface area (TPSA) is 55.2 Å². The number of nitrogens with one attached hydrogen (secondary N) is 1. The molecule has 0 aliphatic heterocycles. The monoisotopic (exact) mass is 264 g/mol. The maximum absolute atomic E-state index is 10.6. The molecule has 106 valence electrons. The first-order valence-corrected chi connectivity index (χ1v) is 7.14. The summed E-state index contributed by atoms with van der Waals surface area (Å²) in [5, 5.41) is 14.1.